The summed E-state index contributed by atoms with van der Waals surface area (Å²) in [5.41, 5.74) is 5.51. The molecule has 0 fully saturated rings. The maximum atomic E-state index is 12.3. The van der Waals surface area contributed by atoms with Crippen LogP contribution in [0.3, 0.4) is 0 Å². The van der Waals surface area contributed by atoms with E-state index in [1.807, 2.05) is 0 Å². The number of hydrogen-bond acceptors (Lipinski definition) is 3. The van der Waals surface area contributed by atoms with Crippen molar-refractivity contribution in [2.24, 2.45) is 5.73 Å². The standard InChI is InChI=1S/C7H4ClFO.C6H9NS/c8-7(10)5-2-1-3-6(9)4-5;7-4-3-6-2-1-5-8-6/h1-4H;1-2,5H,3-4,7H2. The monoisotopic (exact) mass is 285 g/mol. The molecule has 0 aliphatic rings. The fourth-order valence-corrected chi connectivity index (χ4v) is 2.05. The van der Waals surface area contributed by atoms with Gasteiger partial charge in [0.2, 0.25) is 0 Å². The minimum absolute atomic E-state index is 0.182. The Bertz CT molecular complexity index is 487. The molecule has 0 amide bonds. The zero-order valence-corrected chi connectivity index (χ0v) is 11.2. The zero-order chi connectivity index (χ0) is 13.4. The van der Waals surface area contributed by atoms with Gasteiger partial charge in [-0.1, -0.05) is 12.1 Å². The average Bonchev–Trinajstić information content (AvgIpc) is 2.83. The van der Waals surface area contributed by atoms with Gasteiger partial charge in [0.25, 0.3) is 5.24 Å². The second-order valence-corrected chi connectivity index (χ2v) is 4.78. The lowest BCUT2D eigenvalue weighted by molar-refractivity contribution is 0.108. The molecule has 0 radical (unpaired) electrons. The minimum Gasteiger partial charge on any atom is -0.330 e. The van der Waals surface area contributed by atoms with E-state index in [1.54, 1.807) is 11.3 Å². The predicted molar refractivity (Wildman–Crippen MR) is 73.7 cm³/mol. The van der Waals surface area contributed by atoms with Gasteiger partial charge in [-0.15, -0.1) is 11.3 Å². The highest BCUT2D eigenvalue weighted by Gasteiger charge is 2.00. The maximum Gasteiger partial charge on any atom is 0.252 e. The Balaban J connectivity index is 0.000000184. The van der Waals surface area contributed by atoms with Crippen molar-refractivity contribution in [1.29, 1.82) is 0 Å². The molecule has 2 rings (SSSR count). The van der Waals surface area contributed by atoms with E-state index in [2.05, 4.69) is 17.5 Å². The molecule has 0 aliphatic heterocycles. The first-order valence-corrected chi connectivity index (χ1v) is 6.57. The van der Waals surface area contributed by atoms with Crippen molar-refractivity contribution in [2.75, 3.05) is 6.54 Å². The van der Waals surface area contributed by atoms with Crippen LogP contribution >= 0.6 is 22.9 Å². The molecule has 0 spiro atoms. The van der Waals surface area contributed by atoms with Gasteiger partial charge in [-0.05, 0) is 54.2 Å². The van der Waals surface area contributed by atoms with E-state index >= 15 is 0 Å². The van der Waals surface area contributed by atoms with Crippen LogP contribution in [0.4, 0.5) is 4.39 Å². The van der Waals surface area contributed by atoms with Crippen molar-refractivity contribution in [3.8, 4) is 0 Å². The van der Waals surface area contributed by atoms with E-state index in [9.17, 15) is 9.18 Å². The Morgan fingerprint density at radius 2 is 2.11 bits per heavy atom. The largest absolute Gasteiger partial charge is 0.330 e. The Morgan fingerprint density at radius 1 is 1.33 bits per heavy atom. The van der Waals surface area contributed by atoms with Crippen molar-refractivity contribution in [2.45, 2.75) is 6.42 Å². The van der Waals surface area contributed by atoms with Crippen LogP contribution in [0.2, 0.25) is 0 Å². The smallest absolute Gasteiger partial charge is 0.252 e. The molecule has 0 bridgehead atoms. The van der Waals surface area contributed by atoms with E-state index < -0.39 is 11.1 Å². The Morgan fingerprint density at radius 3 is 2.56 bits per heavy atom. The van der Waals surface area contributed by atoms with Gasteiger partial charge in [0, 0.05) is 10.4 Å². The topological polar surface area (TPSA) is 43.1 Å². The summed E-state index contributed by atoms with van der Waals surface area (Å²) in [5.74, 6) is -0.452. The third-order valence-electron chi connectivity index (χ3n) is 2.02. The Hall–Kier alpha value is -1.23. The van der Waals surface area contributed by atoms with E-state index in [-0.39, 0.29) is 5.56 Å². The fourth-order valence-electron chi connectivity index (χ4n) is 1.21. The third kappa shape index (κ3) is 5.40. The summed E-state index contributed by atoms with van der Waals surface area (Å²) < 4.78 is 12.3. The number of benzene rings is 1. The molecule has 0 atom stereocenters. The second-order valence-electron chi connectivity index (χ2n) is 3.40. The highest BCUT2D eigenvalue weighted by Crippen LogP contribution is 2.07. The van der Waals surface area contributed by atoms with Crippen LogP contribution in [0.5, 0.6) is 0 Å². The molecule has 18 heavy (non-hydrogen) atoms. The number of nitrogens with two attached hydrogens (primary N) is 1. The van der Waals surface area contributed by atoms with Crippen molar-refractivity contribution < 1.29 is 9.18 Å². The first-order chi connectivity index (χ1) is 8.63. The maximum absolute atomic E-state index is 12.3. The van der Waals surface area contributed by atoms with Crippen LogP contribution < -0.4 is 5.73 Å². The fraction of sp³-hybridized carbons (Fsp3) is 0.154. The molecule has 0 saturated carbocycles. The SMILES string of the molecule is NCCc1cccs1.O=C(Cl)c1cccc(F)c1. The molecule has 2 nitrogen and oxygen atoms in total. The van der Waals surface area contributed by atoms with Crippen LogP contribution in [-0.4, -0.2) is 11.8 Å². The summed E-state index contributed by atoms with van der Waals surface area (Å²) in [6.07, 6.45) is 1.03. The molecule has 1 aromatic carbocycles. The van der Waals surface area contributed by atoms with Crippen LogP contribution in [0.1, 0.15) is 15.2 Å². The van der Waals surface area contributed by atoms with Gasteiger partial charge in [-0.25, -0.2) is 4.39 Å². The average molecular weight is 286 g/mol. The Labute approximate surface area is 114 Å². The predicted octanol–water partition coefficient (Wildman–Crippen LogP) is 3.45. The lowest BCUT2D eigenvalue weighted by atomic mass is 10.2. The van der Waals surface area contributed by atoms with Crippen LogP contribution in [0.15, 0.2) is 41.8 Å². The molecule has 2 aromatic rings. The molecule has 5 heteroatoms. The van der Waals surface area contributed by atoms with Crippen molar-refractivity contribution in [1.82, 2.24) is 0 Å². The number of carbonyl (C=O) groups is 1. The number of halogens is 2. The zero-order valence-electron chi connectivity index (χ0n) is 9.61. The Kier molecular flexibility index (Phi) is 6.57. The van der Waals surface area contributed by atoms with Crippen molar-refractivity contribution in [3.05, 3.63) is 58.0 Å². The molecule has 0 aliphatic carbocycles. The molecular weight excluding hydrogens is 273 g/mol. The van der Waals surface area contributed by atoms with Crippen LogP contribution in [0.25, 0.3) is 0 Å². The summed E-state index contributed by atoms with van der Waals surface area (Å²) >= 11 is 6.84. The van der Waals surface area contributed by atoms with Crippen molar-refractivity contribution in [3.63, 3.8) is 0 Å². The van der Waals surface area contributed by atoms with Crippen LogP contribution in [0, 0.1) is 5.82 Å². The van der Waals surface area contributed by atoms with Gasteiger partial charge in [-0.2, -0.15) is 0 Å². The summed E-state index contributed by atoms with van der Waals surface area (Å²) in [6, 6.07) is 9.40. The van der Waals surface area contributed by atoms with E-state index in [0.717, 1.165) is 19.0 Å². The molecule has 0 unspecified atom stereocenters. The quantitative estimate of drug-likeness (QED) is 0.878. The van der Waals surface area contributed by atoms with Gasteiger partial charge in [0.15, 0.2) is 0 Å². The molecule has 1 aromatic heterocycles. The number of carbonyl (C=O) groups excluding carboxylic acids is 1. The van der Waals surface area contributed by atoms with Gasteiger partial charge in [0.05, 0.1) is 0 Å². The van der Waals surface area contributed by atoms with Crippen LogP contribution in [-0.2, 0) is 6.42 Å². The highest BCUT2D eigenvalue weighted by atomic mass is 35.5. The van der Waals surface area contributed by atoms with Crippen molar-refractivity contribution >= 4 is 28.2 Å². The summed E-state index contributed by atoms with van der Waals surface area (Å²) in [7, 11) is 0. The number of hydrogen-bond donors (Lipinski definition) is 1. The van der Waals surface area contributed by atoms with E-state index in [4.69, 9.17) is 17.3 Å². The number of rotatable bonds is 3. The normalized spacial score (nSPS) is 9.50. The summed E-state index contributed by atoms with van der Waals surface area (Å²) in [6.45, 7) is 0.764. The molecule has 0 saturated heterocycles. The highest BCUT2D eigenvalue weighted by molar-refractivity contribution is 7.09. The van der Waals surface area contributed by atoms with E-state index in [0.29, 0.717) is 0 Å². The van der Waals surface area contributed by atoms with Gasteiger partial charge >= 0.3 is 0 Å². The molecule has 96 valence electrons. The van der Waals surface area contributed by atoms with Gasteiger partial charge in [-0.3, -0.25) is 4.79 Å². The lowest BCUT2D eigenvalue weighted by Gasteiger charge is -1.90. The molecule has 1 heterocycles. The number of thiophene rings is 1. The summed E-state index contributed by atoms with van der Waals surface area (Å²) in [4.78, 5) is 11.8. The second kappa shape index (κ2) is 7.97. The summed E-state index contributed by atoms with van der Waals surface area (Å²) in [5, 5.41) is 1.44. The minimum atomic E-state index is -0.639. The van der Waals surface area contributed by atoms with E-state index in [1.165, 1.54) is 23.1 Å². The van der Waals surface area contributed by atoms with Gasteiger partial charge in [0.1, 0.15) is 5.82 Å². The first kappa shape index (κ1) is 14.8. The molecular formula is C13H13ClFNOS. The first-order valence-electron chi connectivity index (χ1n) is 5.31. The van der Waals surface area contributed by atoms with Gasteiger partial charge < -0.3 is 5.73 Å². The third-order valence-corrected chi connectivity index (χ3v) is 3.18. The lowest BCUT2D eigenvalue weighted by Crippen LogP contribution is -2.00. The molecule has 2 N–H and O–H groups in total.